The van der Waals surface area contributed by atoms with Gasteiger partial charge in [0.1, 0.15) is 24.6 Å². The molecule has 2 unspecified atom stereocenters. The number of rotatable bonds is 53. The first-order chi connectivity index (χ1) is 39.0. The Morgan fingerprint density at radius 3 is 1.51 bits per heavy atom. The van der Waals surface area contributed by atoms with Crippen molar-refractivity contribution in [1.29, 1.82) is 0 Å². The molecule has 1 aliphatic heterocycles. The van der Waals surface area contributed by atoms with Crippen molar-refractivity contribution in [2.24, 2.45) is 0 Å². The highest BCUT2D eigenvalue weighted by atomic mass is 31.3. The summed E-state index contributed by atoms with van der Waals surface area (Å²) in [4.78, 5) is 78.8. The number of amides is 2. The molecule has 3 rings (SSSR count). The predicted molar refractivity (Wildman–Crippen MR) is 320 cm³/mol. The zero-order valence-corrected chi connectivity index (χ0v) is 52.3. The van der Waals surface area contributed by atoms with Gasteiger partial charge in [-0.2, -0.15) is 0 Å². The Bertz CT molecular complexity index is 2090. The number of carbonyl (C=O) groups is 2. The fourth-order valence-electron chi connectivity index (χ4n) is 10.4. The highest BCUT2D eigenvalue weighted by molar-refractivity contribution is 7.73. The molecule has 2 amide bonds. The SMILES string of the molecule is CCCCCCCCCCCCCCCCCCN(CCCCCCCCCCCCCCCCCC)C(=O)CCC(=O)NCCCCCCNc1ncnc2c1ncn2[C@@H]1O[C@H](COP(=O)(O)OP(=O)(O)CP(=O)(O)O)[C@@H](O)[C@H]1O. The molecule has 0 aromatic carbocycles. The van der Waals surface area contributed by atoms with E-state index in [2.05, 4.69) is 48.3 Å². The van der Waals surface area contributed by atoms with E-state index in [0.717, 1.165) is 64.5 Å². The van der Waals surface area contributed by atoms with E-state index in [1.165, 1.54) is 197 Å². The quantitative estimate of drug-likeness (QED) is 0.0225. The van der Waals surface area contributed by atoms with Crippen LogP contribution < -0.4 is 10.6 Å². The summed E-state index contributed by atoms with van der Waals surface area (Å²) in [6, 6.07) is 0. The largest absolute Gasteiger partial charge is 0.479 e. The minimum Gasteiger partial charge on any atom is -0.387 e. The normalized spacial score (nSPS) is 18.1. The van der Waals surface area contributed by atoms with Crippen LogP contribution in [-0.4, -0.2) is 123 Å². The molecular formula is C57H108N7O14P3. The summed E-state index contributed by atoms with van der Waals surface area (Å²) in [5.41, 5.74) is 0.570. The lowest BCUT2D eigenvalue weighted by atomic mass is 10.0. The van der Waals surface area contributed by atoms with Gasteiger partial charge in [0.15, 0.2) is 29.1 Å². The second-order valence-electron chi connectivity index (χ2n) is 22.6. The van der Waals surface area contributed by atoms with Crippen LogP contribution in [0.15, 0.2) is 12.7 Å². The van der Waals surface area contributed by atoms with Crippen LogP contribution in [0.25, 0.3) is 11.2 Å². The summed E-state index contributed by atoms with van der Waals surface area (Å²) in [7, 11) is -15.8. The number of carbonyl (C=O) groups excluding carboxylic acids is 2. The number of hydrogen-bond acceptors (Lipinski definition) is 14. The molecule has 6 atom stereocenters. The van der Waals surface area contributed by atoms with E-state index in [4.69, 9.17) is 14.5 Å². The Hall–Kier alpha value is -2.38. The molecule has 0 radical (unpaired) electrons. The van der Waals surface area contributed by atoms with Crippen molar-refractivity contribution in [3.63, 3.8) is 0 Å². The van der Waals surface area contributed by atoms with Crippen LogP contribution in [0.3, 0.4) is 0 Å². The molecule has 81 heavy (non-hydrogen) atoms. The van der Waals surface area contributed by atoms with Crippen molar-refractivity contribution < 1.29 is 66.6 Å². The number of phosphoric acid groups is 1. The Morgan fingerprint density at radius 1 is 0.593 bits per heavy atom. The van der Waals surface area contributed by atoms with Gasteiger partial charge >= 0.3 is 23.0 Å². The molecular weight excluding hydrogens is 1100 g/mol. The number of imidazole rings is 1. The summed E-state index contributed by atoms with van der Waals surface area (Å²) in [5.74, 6) is -1.34. The maximum absolute atomic E-state index is 13.5. The zero-order valence-electron chi connectivity index (χ0n) is 49.6. The number of nitrogens with one attached hydrogen (secondary N) is 2. The van der Waals surface area contributed by atoms with E-state index in [0.29, 0.717) is 24.4 Å². The van der Waals surface area contributed by atoms with Crippen LogP contribution in [0.5, 0.6) is 0 Å². The molecule has 2 aromatic heterocycles. The molecule has 3 heterocycles. The van der Waals surface area contributed by atoms with Crippen LogP contribution in [0.2, 0.25) is 0 Å². The fourth-order valence-corrected chi connectivity index (χ4v) is 14.8. The first kappa shape index (κ1) is 72.9. The monoisotopic (exact) mass is 1210 g/mol. The average molecular weight is 1210 g/mol. The number of aromatic nitrogens is 4. The third-order valence-corrected chi connectivity index (χ3v) is 20.4. The van der Waals surface area contributed by atoms with Gasteiger partial charge in [-0.05, 0) is 25.7 Å². The minimum atomic E-state index is -5.39. The van der Waals surface area contributed by atoms with Crippen LogP contribution in [0.1, 0.15) is 264 Å². The van der Waals surface area contributed by atoms with Gasteiger partial charge in [-0.1, -0.05) is 219 Å². The van der Waals surface area contributed by atoms with E-state index in [1.807, 2.05) is 4.90 Å². The van der Waals surface area contributed by atoms with E-state index < -0.39 is 60.1 Å². The number of hydrogen-bond donors (Lipinski definition) is 8. The topological polar surface area (TPSA) is 305 Å². The molecule has 21 nitrogen and oxygen atoms in total. The molecule has 0 aliphatic carbocycles. The molecule has 24 heteroatoms. The summed E-state index contributed by atoms with van der Waals surface area (Å²) >= 11 is 0. The average Bonchev–Trinajstić information content (AvgIpc) is 4.19. The Balaban J connectivity index is 1.32. The van der Waals surface area contributed by atoms with Gasteiger partial charge < -0.3 is 50.1 Å². The number of anilines is 1. The number of aliphatic hydroxyl groups is 2. The first-order valence-electron chi connectivity index (χ1n) is 31.5. The van der Waals surface area contributed by atoms with E-state index in [-0.39, 0.29) is 30.3 Å². The smallest absolute Gasteiger partial charge is 0.387 e. The molecule has 0 bridgehead atoms. The molecule has 1 aliphatic rings. The number of phosphoric ester groups is 1. The van der Waals surface area contributed by atoms with E-state index in [9.17, 15) is 43.3 Å². The maximum atomic E-state index is 13.5. The maximum Gasteiger partial charge on any atom is 0.479 e. The number of ether oxygens (including phenoxy) is 1. The van der Waals surface area contributed by atoms with E-state index in [1.54, 1.807) is 0 Å². The first-order valence-corrected chi connectivity index (χ1v) is 36.5. The van der Waals surface area contributed by atoms with Crippen LogP contribution in [0, 0.1) is 0 Å². The fraction of sp³-hybridized carbons (Fsp3) is 0.877. The van der Waals surface area contributed by atoms with Gasteiger partial charge in [-0.15, -0.1) is 0 Å². The Kier molecular flexibility index (Phi) is 38.9. The molecule has 1 fully saturated rings. The van der Waals surface area contributed by atoms with Crippen LogP contribution >= 0.6 is 23.0 Å². The third kappa shape index (κ3) is 33.8. The molecule has 2 aromatic rings. The van der Waals surface area contributed by atoms with Crippen molar-refractivity contribution in [2.75, 3.05) is 44.0 Å². The van der Waals surface area contributed by atoms with Crippen LogP contribution in [0.4, 0.5) is 5.82 Å². The standard InChI is InChI=1S/C57H108N7O14P3/c1-3-5-7-9-11-13-15-17-19-21-23-25-27-29-33-37-43-63(44-38-34-30-28-26-24-22-20-18-16-14-12-10-8-6-4-2)51(66)40-39-50(65)58-41-35-31-32-36-42-59-55-52-56(61-46-60-55)64(47-62-52)57-54(68)53(67)49(77-57)45-76-81(74,75)78-80(72,73)48-79(69,70)71/h46-47,49,53-54,57,67-68H,3-45,48H2,1-2H3,(H,58,65)(H,72,73)(H,74,75)(H,59,60,61)(H2,69,70,71)/t49-,53-,54-,57-/m1/s1. The minimum absolute atomic E-state index is 0.0845. The Labute approximate surface area is 485 Å². The zero-order chi connectivity index (χ0) is 59.0. The summed E-state index contributed by atoms with van der Waals surface area (Å²) < 4.78 is 51.1. The van der Waals surface area contributed by atoms with Crippen molar-refractivity contribution in [3.8, 4) is 0 Å². The predicted octanol–water partition coefficient (Wildman–Crippen LogP) is 13.1. The third-order valence-electron chi connectivity index (χ3n) is 15.2. The van der Waals surface area contributed by atoms with Crippen molar-refractivity contribution in [2.45, 2.75) is 282 Å². The summed E-state index contributed by atoms with van der Waals surface area (Å²) in [6.07, 6.45) is 42.3. The molecule has 8 N–H and O–H groups in total. The lowest BCUT2D eigenvalue weighted by Crippen LogP contribution is -2.34. The van der Waals surface area contributed by atoms with E-state index >= 15 is 0 Å². The molecule has 0 spiro atoms. The molecule has 0 saturated carbocycles. The van der Waals surface area contributed by atoms with Gasteiger partial charge in [-0.25, -0.2) is 23.8 Å². The number of unbranched alkanes of at least 4 members (excludes halogenated alkanes) is 33. The van der Waals surface area contributed by atoms with Gasteiger partial charge in [0.2, 0.25) is 11.8 Å². The lowest BCUT2D eigenvalue weighted by molar-refractivity contribution is -0.133. The molecule has 1 saturated heterocycles. The second kappa shape index (κ2) is 43.3. The van der Waals surface area contributed by atoms with Crippen LogP contribution in [-0.2, 0) is 36.9 Å². The second-order valence-corrected chi connectivity index (χ2v) is 28.1. The number of fused-ring (bicyclic) bond motifs is 1. The van der Waals surface area contributed by atoms with Gasteiger partial charge in [0.25, 0.3) is 0 Å². The Morgan fingerprint density at radius 2 is 1.04 bits per heavy atom. The summed E-state index contributed by atoms with van der Waals surface area (Å²) in [5, 5.41) is 27.7. The van der Waals surface area contributed by atoms with Crippen molar-refractivity contribution >= 4 is 51.8 Å². The molecule has 470 valence electrons. The number of aliphatic hydroxyl groups excluding tert-OH is 2. The van der Waals surface area contributed by atoms with Gasteiger partial charge in [0, 0.05) is 39.0 Å². The van der Waals surface area contributed by atoms with Gasteiger partial charge in [0.05, 0.1) is 12.9 Å². The van der Waals surface area contributed by atoms with Gasteiger partial charge in [-0.3, -0.25) is 27.8 Å². The van der Waals surface area contributed by atoms with Crippen molar-refractivity contribution in [3.05, 3.63) is 12.7 Å². The highest BCUT2D eigenvalue weighted by Gasteiger charge is 2.46. The lowest BCUT2D eigenvalue weighted by Gasteiger charge is -2.23. The summed E-state index contributed by atoms with van der Waals surface area (Å²) in [6.45, 7) is 6.24. The van der Waals surface area contributed by atoms with Crippen molar-refractivity contribution in [1.82, 2.24) is 29.7 Å². The highest BCUT2D eigenvalue weighted by Crippen LogP contribution is 2.65. The number of nitrogens with zero attached hydrogens (tertiary/aromatic N) is 5.